The second-order valence-corrected chi connectivity index (χ2v) is 5.58. The van der Waals surface area contributed by atoms with E-state index in [-0.39, 0.29) is 0 Å². The van der Waals surface area contributed by atoms with Crippen molar-refractivity contribution in [1.29, 1.82) is 0 Å². The number of hydrogen-bond donors (Lipinski definition) is 1. The van der Waals surface area contributed by atoms with Crippen LogP contribution in [0.15, 0.2) is 54.6 Å². The van der Waals surface area contributed by atoms with Crippen molar-refractivity contribution in [2.45, 2.75) is 26.7 Å². The molecule has 0 amide bonds. The Morgan fingerprint density at radius 1 is 0.900 bits per heavy atom. The van der Waals surface area contributed by atoms with Crippen LogP contribution < -0.4 is 5.32 Å². The maximum Gasteiger partial charge on any atom is -0.00200 e. The normalized spacial score (nSPS) is 12.3. The van der Waals surface area contributed by atoms with Crippen molar-refractivity contribution in [1.82, 2.24) is 5.32 Å². The Morgan fingerprint density at radius 2 is 1.55 bits per heavy atom. The number of benzene rings is 2. The monoisotopic (exact) mass is 267 g/mol. The lowest BCUT2D eigenvalue weighted by Crippen LogP contribution is -2.23. The Balaban J connectivity index is 1.92. The molecular weight excluding hydrogens is 242 g/mol. The third-order valence-corrected chi connectivity index (χ3v) is 3.56. The van der Waals surface area contributed by atoms with Crippen LogP contribution in [0.25, 0.3) is 11.1 Å². The number of rotatable bonds is 7. The van der Waals surface area contributed by atoms with Crippen LogP contribution in [0.5, 0.6) is 0 Å². The lowest BCUT2D eigenvalue weighted by atomic mass is 9.98. The van der Waals surface area contributed by atoms with Gasteiger partial charge in [-0.05, 0) is 48.5 Å². The van der Waals surface area contributed by atoms with Gasteiger partial charge < -0.3 is 5.32 Å². The average molecular weight is 267 g/mol. The lowest BCUT2D eigenvalue weighted by Gasteiger charge is -2.12. The molecule has 0 aliphatic rings. The molecule has 0 radical (unpaired) electrons. The molecule has 106 valence electrons. The fraction of sp³-hybridized carbons (Fsp3) is 0.368. The van der Waals surface area contributed by atoms with Crippen LogP contribution in [-0.2, 0) is 6.42 Å². The summed E-state index contributed by atoms with van der Waals surface area (Å²) in [7, 11) is 0. The molecule has 1 nitrogen and oxygen atoms in total. The zero-order valence-electron chi connectivity index (χ0n) is 12.6. The molecule has 0 saturated carbocycles. The molecule has 0 spiro atoms. The van der Waals surface area contributed by atoms with Gasteiger partial charge in [0.2, 0.25) is 0 Å². The Morgan fingerprint density at radius 3 is 2.20 bits per heavy atom. The van der Waals surface area contributed by atoms with Crippen molar-refractivity contribution in [3.63, 3.8) is 0 Å². The smallest absolute Gasteiger partial charge is 0.00200 e. The van der Waals surface area contributed by atoms with Crippen molar-refractivity contribution < 1.29 is 0 Å². The van der Waals surface area contributed by atoms with Gasteiger partial charge in [0.05, 0.1) is 0 Å². The quantitative estimate of drug-likeness (QED) is 0.727. The molecule has 1 unspecified atom stereocenters. The van der Waals surface area contributed by atoms with Gasteiger partial charge in [0, 0.05) is 0 Å². The maximum atomic E-state index is 3.49. The highest BCUT2D eigenvalue weighted by Gasteiger charge is 2.04. The minimum Gasteiger partial charge on any atom is -0.316 e. The summed E-state index contributed by atoms with van der Waals surface area (Å²) in [4.78, 5) is 0. The van der Waals surface area contributed by atoms with E-state index in [4.69, 9.17) is 0 Å². The van der Waals surface area contributed by atoms with Crippen molar-refractivity contribution in [2.75, 3.05) is 13.1 Å². The molecule has 1 atom stereocenters. The zero-order chi connectivity index (χ0) is 14.2. The first-order chi connectivity index (χ1) is 9.79. The van der Waals surface area contributed by atoms with Gasteiger partial charge in [-0.15, -0.1) is 0 Å². The Hall–Kier alpha value is -1.60. The van der Waals surface area contributed by atoms with Crippen molar-refractivity contribution >= 4 is 0 Å². The molecule has 1 N–H and O–H groups in total. The topological polar surface area (TPSA) is 12.0 Å². The summed E-state index contributed by atoms with van der Waals surface area (Å²) in [6.45, 7) is 6.75. The summed E-state index contributed by atoms with van der Waals surface area (Å²) in [5.41, 5.74) is 4.01. The van der Waals surface area contributed by atoms with Gasteiger partial charge in [-0.2, -0.15) is 0 Å². The summed E-state index contributed by atoms with van der Waals surface area (Å²) in [5, 5.41) is 3.49. The highest BCUT2D eigenvalue weighted by Crippen LogP contribution is 2.20. The van der Waals surface area contributed by atoms with E-state index in [1.807, 2.05) is 0 Å². The zero-order valence-corrected chi connectivity index (χ0v) is 12.6. The molecule has 0 heterocycles. The van der Waals surface area contributed by atoms with Gasteiger partial charge >= 0.3 is 0 Å². The fourth-order valence-electron chi connectivity index (χ4n) is 2.46. The largest absolute Gasteiger partial charge is 0.316 e. The molecule has 2 rings (SSSR count). The van der Waals surface area contributed by atoms with E-state index < -0.39 is 0 Å². The van der Waals surface area contributed by atoms with Gasteiger partial charge in [-0.25, -0.2) is 0 Å². The van der Waals surface area contributed by atoms with Crippen molar-refractivity contribution in [3.8, 4) is 11.1 Å². The second-order valence-electron chi connectivity index (χ2n) is 5.58. The summed E-state index contributed by atoms with van der Waals surface area (Å²) < 4.78 is 0. The molecule has 2 aromatic rings. The molecule has 20 heavy (non-hydrogen) atoms. The molecule has 2 aromatic carbocycles. The minimum atomic E-state index is 0.684. The molecule has 0 fully saturated rings. The van der Waals surface area contributed by atoms with Crippen LogP contribution >= 0.6 is 0 Å². The molecular formula is C19H25N. The van der Waals surface area contributed by atoms with E-state index in [9.17, 15) is 0 Å². The van der Waals surface area contributed by atoms with Crippen LogP contribution in [0.4, 0.5) is 0 Å². The predicted octanol–water partition coefficient (Wildman–Crippen LogP) is 4.53. The first-order valence-corrected chi connectivity index (χ1v) is 7.64. The predicted molar refractivity (Wildman–Crippen MR) is 87.9 cm³/mol. The third kappa shape index (κ3) is 4.50. The lowest BCUT2D eigenvalue weighted by molar-refractivity contribution is 0.511. The van der Waals surface area contributed by atoms with Gasteiger partial charge in [-0.3, -0.25) is 0 Å². The van der Waals surface area contributed by atoms with E-state index in [0.29, 0.717) is 5.92 Å². The first-order valence-electron chi connectivity index (χ1n) is 7.64. The molecule has 0 bridgehead atoms. The highest BCUT2D eigenvalue weighted by atomic mass is 14.8. The summed E-state index contributed by atoms with van der Waals surface area (Å²) in [5.74, 6) is 0.684. The second kappa shape index (κ2) is 7.86. The van der Waals surface area contributed by atoms with Gasteiger partial charge in [0.15, 0.2) is 0 Å². The highest BCUT2D eigenvalue weighted by molar-refractivity contribution is 5.63. The third-order valence-electron chi connectivity index (χ3n) is 3.56. The summed E-state index contributed by atoms with van der Waals surface area (Å²) >= 11 is 0. The average Bonchev–Trinajstić information content (AvgIpc) is 2.49. The minimum absolute atomic E-state index is 0.684. The van der Waals surface area contributed by atoms with E-state index in [0.717, 1.165) is 19.5 Å². The fourth-order valence-corrected chi connectivity index (χ4v) is 2.46. The first kappa shape index (κ1) is 14.8. The van der Waals surface area contributed by atoms with Crippen molar-refractivity contribution in [2.24, 2.45) is 5.92 Å². The molecule has 1 heteroatoms. The van der Waals surface area contributed by atoms with Crippen LogP contribution in [0, 0.1) is 5.92 Å². The summed E-state index contributed by atoms with van der Waals surface area (Å²) in [6, 6.07) is 19.5. The van der Waals surface area contributed by atoms with Crippen LogP contribution in [-0.4, -0.2) is 13.1 Å². The standard InChI is InChI=1S/C19H25N/c1-3-13-20-15-16(2)14-17-9-11-19(12-10-17)18-7-5-4-6-8-18/h4-12,16,20H,3,13-15H2,1-2H3. The number of hydrogen-bond acceptors (Lipinski definition) is 1. The van der Waals surface area contributed by atoms with E-state index in [1.165, 1.54) is 23.1 Å². The van der Waals surface area contributed by atoms with Gasteiger partial charge in [-0.1, -0.05) is 68.4 Å². The van der Waals surface area contributed by atoms with Crippen LogP contribution in [0.3, 0.4) is 0 Å². The molecule has 0 aliphatic carbocycles. The SMILES string of the molecule is CCCNCC(C)Cc1ccc(-c2ccccc2)cc1. The Kier molecular flexibility index (Phi) is 5.82. The molecule has 0 aromatic heterocycles. The Labute approximate surface area is 123 Å². The van der Waals surface area contributed by atoms with E-state index in [1.54, 1.807) is 0 Å². The molecule has 0 aliphatic heterocycles. The molecule has 0 saturated heterocycles. The Bertz CT molecular complexity index is 487. The van der Waals surface area contributed by atoms with E-state index in [2.05, 4.69) is 73.8 Å². The van der Waals surface area contributed by atoms with E-state index >= 15 is 0 Å². The van der Waals surface area contributed by atoms with Gasteiger partial charge in [0.25, 0.3) is 0 Å². The number of nitrogens with one attached hydrogen (secondary N) is 1. The maximum absolute atomic E-state index is 3.49. The van der Waals surface area contributed by atoms with Gasteiger partial charge in [0.1, 0.15) is 0 Å². The van der Waals surface area contributed by atoms with Crippen molar-refractivity contribution in [3.05, 3.63) is 60.2 Å². The van der Waals surface area contributed by atoms with Crippen LogP contribution in [0.2, 0.25) is 0 Å². The van der Waals surface area contributed by atoms with Crippen LogP contribution in [0.1, 0.15) is 25.8 Å². The summed E-state index contributed by atoms with van der Waals surface area (Å²) in [6.07, 6.45) is 2.35.